The van der Waals surface area contributed by atoms with Crippen LogP contribution in [0, 0.1) is 5.92 Å². The fraction of sp³-hybridized carbons (Fsp3) is 0.286. The van der Waals surface area contributed by atoms with E-state index in [1.54, 1.807) is 24.3 Å². The number of fused-ring (bicyclic) bond motifs is 1. The molecule has 158 valence electrons. The molecule has 3 rings (SSSR count). The van der Waals surface area contributed by atoms with Gasteiger partial charge in [0.15, 0.2) is 0 Å². The number of carbonyl (C=O) groups is 1. The average Bonchev–Trinajstić information content (AvgIpc) is 2.65. The molecule has 2 aromatic carbocycles. The second kappa shape index (κ2) is 8.56. The number of halogens is 3. The van der Waals surface area contributed by atoms with E-state index in [0.29, 0.717) is 28.7 Å². The number of benzene rings is 2. The Balaban J connectivity index is 1.82. The lowest BCUT2D eigenvalue weighted by Gasteiger charge is -2.16. The highest BCUT2D eigenvalue weighted by molar-refractivity contribution is 5.86. The molecule has 1 aromatic heterocycles. The Morgan fingerprint density at radius 3 is 2.43 bits per heavy atom. The topological polar surface area (TPSA) is 73.2 Å². The van der Waals surface area contributed by atoms with E-state index >= 15 is 0 Å². The van der Waals surface area contributed by atoms with Crippen molar-refractivity contribution in [3.8, 4) is 5.75 Å². The summed E-state index contributed by atoms with van der Waals surface area (Å²) >= 11 is 0. The van der Waals surface area contributed by atoms with Gasteiger partial charge in [-0.15, -0.1) is 13.2 Å². The molecule has 0 saturated carbocycles. The first-order valence-corrected chi connectivity index (χ1v) is 9.27. The summed E-state index contributed by atoms with van der Waals surface area (Å²) in [5.74, 6) is -0.247. The molecule has 1 heterocycles. The smallest absolute Gasteiger partial charge is 0.406 e. The molecule has 9 heteroatoms. The van der Waals surface area contributed by atoms with Crippen molar-refractivity contribution in [2.24, 2.45) is 5.92 Å². The van der Waals surface area contributed by atoms with Crippen molar-refractivity contribution >= 4 is 16.8 Å². The maximum absolute atomic E-state index is 12.9. The largest absolute Gasteiger partial charge is 0.573 e. The second-order valence-electron chi connectivity index (χ2n) is 7.19. The maximum Gasteiger partial charge on any atom is 0.573 e. The number of amides is 1. The van der Waals surface area contributed by atoms with Crippen molar-refractivity contribution in [3.63, 3.8) is 0 Å². The van der Waals surface area contributed by atoms with Gasteiger partial charge in [0, 0.05) is 6.42 Å². The minimum absolute atomic E-state index is 0.132. The van der Waals surface area contributed by atoms with Gasteiger partial charge in [-0.25, -0.2) is 9.66 Å². The molecular weight excluding hydrogens is 399 g/mol. The number of para-hydroxylation sites is 1. The first kappa shape index (κ1) is 21.4. The van der Waals surface area contributed by atoms with Crippen LogP contribution in [-0.4, -0.2) is 21.9 Å². The van der Waals surface area contributed by atoms with E-state index in [1.165, 1.54) is 12.1 Å². The predicted molar refractivity (Wildman–Crippen MR) is 106 cm³/mol. The molecule has 0 spiro atoms. The van der Waals surface area contributed by atoms with Crippen LogP contribution in [0.3, 0.4) is 0 Å². The maximum atomic E-state index is 12.9. The molecule has 1 N–H and O–H groups in total. The van der Waals surface area contributed by atoms with Gasteiger partial charge in [-0.1, -0.05) is 38.1 Å². The van der Waals surface area contributed by atoms with Crippen molar-refractivity contribution in [2.75, 3.05) is 5.43 Å². The zero-order valence-corrected chi connectivity index (χ0v) is 16.4. The van der Waals surface area contributed by atoms with E-state index in [9.17, 15) is 22.8 Å². The summed E-state index contributed by atoms with van der Waals surface area (Å²) in [6.45, 7) is 3.94. The number of ether oxygens (including phenoxy) is 1. The molecule has 3 aromatic rings. The fourth-order valence-electron chi connectivity index (χ4n) is 2.95. The SMILES string of the molecule is CC(C)Cc1nc2ccccc2c(=O)n1NC(=O)Cc1ccc(OC(F)(F)F)cc1. The van der Waals surface area contributed by atoms with Gasteiger partial charge >= 0.3 is 6.36 Å². The molecule has 0 aliphatic carbocycles. The molecule has 0 fully saturated rings. The quantitative estimate of drug-likeness (QED) is 0.660. The summed E-state index contributed by atoms with van der Waals surface area (Å²) in [5.41, 5.74) is 3.19. The number of hydrogen-bond donors (Lipinski definition) is 1. The van der Waals surface area contributed by atoms with Gasteiger partial charge in [0.05, 0.1) is 17.3 Å². The number of nitrogens with one attached hydrogen (secondary N) is 1. The molecule has 0 atom stereocenters. The van der Waals surface area contributed by atoms with Gasteiger partial charge in [-0.2, -0.15) is 0 Å². The van der Waals surface area contributed by atoms with Crippen molar-refractivity contribution in [1.29, 1.82) is 0 Å². The fourth-order valence-corrected chi connectivity index (χ4v) is 2.95. The molecule has 0 radical (unpaired) electrons. The van der Waals surface area contributed by atoms with Gasteiger partial charge in [0.1, 0.15) is 11.6 Å². The van der Waals surface area contributed by atoms with E-state index in [-0.39, 0.29) is 18.1 Å². The molecular formula is C21H20F3N3O3. The number of hydrogen-bond acceptors (Lipinski definition) is 4. The molecule has 6 nitrogen and oxygen atoms in total. The van der Waals surface area contributed by atoms with Crippen molar-refractivity contribution in [2.45, 2.75) is 33.1 Å². The van der Waals surface area contributed by atoms with Gasteiger partial charge in [0.25, 0.3) is 5.56 Å². The minimum atomic E-state index is -4.78. The predicted octanol–water partition coefficient (Wildman–Crippen LogP) is 3.81. The standard InChI is InChI=1S/C21H20F3N3O3/c1-13(2)11-18-25-17-6-4-3-5-16(17)20(29)27(18)26-19(28)12-14-7-9-15(10-8-14)30-21(22,23)24/h3-10,13H,11-12H2,1-2H3,(H,26,28). The molecule has 0 aliphatic rings. The summed E-state index contributed by atoms with van der Waals surface area (Å²) < 4.78 is 41.7. The van der Waals surface area contributed by atoms with E-state index in [4.69, 9.17) is 0 Å². The highest BCUT2D eigenvalue weighted by Gasteiger charge is 2.31. The van der Waals surface area contributed by atoms with Gasteiger partial charge < -0.3 is 4.74 Å². The zero-order valence-electron chi connectivity index (χ0n) is 16.4. The summed E-state index contributed by atoms with van der Waals surface area (Å²) in [6.07, 6.45) is -4.44. The van der Waals surface area contributed by atoms with Crippen molar-refractivity contribution < 1.29 is 22.7 Å². The Morgan fingerprint density at radius 2 is 1.80 bits per heavy atom. The molecule has 0 saturated heterocycles. The lowest BCUT2D eigenvalue weighted by atomic mass is 10.1. The Kier molecular flexibility index (Phi) is 6.09. The highest BCUT2D eigenvalue weighted by Crippen LogP contribution is 2.22. The van der Waals surface area contributed by atoms with Crippen LogP contribution in [0.4, 0.5) is 13.2 Å². The normalized spacial score (nSPS) is 11.7. The van der Waals surface area contributed by atoms with E-state index in [0.717, 1.165) is 16.8 Å². The monoisotopic (exact) mass is 419 g/mol. The summed E-state index contributed by atoms with van der Waals surface area (Å²) in [4.78, 5) is 29.9. The van der Waals surface area contributed by atoms with E-state index in [1.807, 2.05) is 13.8 Å². The molecule has 0 bridgehead atoms. The minimum Gasteiger partial charge on any atom is -0.406 e. The summed E-state index contributed by atoms with van der Waals surface area (Å²) in [5, 5.41) is 0.374. The van der Waals surface area contributed by atoms with Crippen LogP contribution in [0.1, 0.15) is 25.2 Å². The second-order valence-corrected chi connectivity index (χ2v) is 7.19. The van der Waals surface area contributed by atoms with Crippen LogP contribution in [0.2, 0.25) is 0 Å². The first-order valence-electron chi connectivity index (χ1n) is 9.27. The van der Waals surface area contributed by atoms with Gasteiger partial charge in [-0.05, 0) is 35.7 Å². The van der Waals surface area contributed by atoms with Crippen LogP contribution in [0.15, 0.2) is 53.3 Å². The van der Waals surface area contributed by atoms with Crippen LogP contribution in [0.25, 0.3) is 10.9 Å². The number of carbonyl (C=O) groups excluding carboxylic acids is 1. The van der Waals surface area contributed by atoms with E-state index in [2.05, 4.69) is 15.1 Å². The number of rotatable bonds is 6. The highest BCUT2D eigenvalue weighted by atomic mass is 19.4. The number of alkyl halides is 3. The number of aromatic nitrogens is 2. The van der Waals surface area contributed by atoms with Crippen LogP contribution in [0.5, 0.6) is 5.75 Å². The Labute approximate surface area is 170 Å². The summed E-state index contributed by atoms with van der Waals surface area (Å²) in [6, 6.07) is 11.8. The van der Waals surface area contributed by atoms with Crippen LogP contribution in [-0.2, 0) is 17.6 Å². The van der Waals surface area contributed by atoms with E-state index < -0.39 is 17.8 Å². The van der Waals surface area contributed by atoms with Gasteiger partial charge in [0.2, 0.25) is 5.91 Å². The average molecular weight is 419 g/mol. The number of nitrogens with zero attached hydrogens (tertiary/aromatic N) is 2. The van der Waals surface area contributed by atoms with Crippen molar-refractivity contribution in [3.05, 3.63) is 70.3 Å². The van der Waals surface area contributed by atoms with Crippen molar-refractivity contribution in [1.82, 2.24) is 9.66 Å². The molecule has 30 heavy (non-hydrogen) atoms. The third-order valence-corrected chi connectivity index (χ3v) is 4.19. The Hall–Kier alpha value is -3.36. The lowest BCUT2D eigenvalue weighted by molar-refractivity contribution is -0.274. The zero-order chi connectivity index (χ0) is 21.9. The molecule has 1 amide bonds. The molecule has 0 aliphatic heterocycles. The summed E-state index contributed by atoms with van der Waals surface area (Å²) in [7, 11) is 0. The van der Waals surface area contributed by atoms with Crippen LogP contribution < -0.4 is 15.7 Å². The van der Waals surface area contributed by atoms with Gasteiger partial charge in [-0.3, -0.25) is 15.0 Å². The lowest BCUT2D eigenvalue weighted by Crippen LogP contribution is -2.37. The van der Waals surface area contributed by atoms with Crippen LogP contribution >= 0.6 is 0 Å². The Morgan fingerprint density at radius 1 is 1.13 bits per heavy atom. The third-order valence-electron chi connectivity index (χ3n) is 4.19. The molecule has 0 unspecified atom stereocenters. The first-order chi connectivity index (χ1) is 14.1. The Bertz CT molecular complexity index is 1110. The third kappa shape index (κ3) is 5.37.